The van der Waals surface area contributed by atoms with Gasteiger partial charge in [0.2, 0.25) is 5.17 Å². The minimum atomic E-state index is -0.484. The molecule has 2 aromatic carbocycles. The number of aromatic nitrogens is 1. The number of fused-ring (bicyclic) bond motifs is 1. The molecule has 1 amide bonds. The van der Waals surface area contributed by atoms with Crippen LogP contribution in [0.1, 0.15) is 23.6 Å². The zero-order chi connectivity index (χ0) is 24.2. The molecule has 2 aliphatic heterocycles. The average Bonchev–Trinajstić information content (AvgIpc) is 3.32. The molecule has 2 aliphatic rings. The molecule has 0 atom stereocenters. The maximum atomic E-state index is 12.8. The molecule has 0 aliphatic carbocycles. The number of amidine groups is 2. The van der Waals surface area contributed by atoms with Crippen LogP contribution in [0.4, 0.5) is 0 Å². The Morgan fingerprint density at radius 3 is 2.60 bits per heavy atom. The number of aliphatic imine (C=N–C) groups is 1. The van der Waals surface area contributed by atoms with Crippen LogP contribution in [0, 0.1) is 5.41 Å². The molecule has 35 heavy (non-hydrogen) atoms. The summed E-state index contributed by atoms with van der Waals surface area (Å²) in [5.41, 5.74) is 2.73. The molecule has 1 aromatic heterocycles. The minimum Gasteiger partial charge on any atom is -0.490 e. The van der Waals surface area contributed by atoms with Crippen molar-refractivity contribution < 1.29 is 14.3 Å². The van der Waals surface area contributed by atoms with Crippen molar-refractivity contribution in [1.82, 2.24) is 9.99 Å². The number of hydrogen-bond acceptors (Lipinski definition) is 7. The molecule has 8 nitrogen and oxygen atoms in total. The molecular weight excluding hydrogens is 462 g/mol. The third-order valence-electron chi connectivity index (χ3n) is 5.20. The van der Waals surface area contributed by atoms with E-state index in [-0.39, 0.29) is 11.4 Å². The smallest absolute Gasteiger partial charge is 0.283 e. The monoisotopic (exact) mass is 483 g/mol. The van der Waals surface area contributed by atoms with Gasteiger partial charge in [-0.1, -0.05) is 36.4 Å². The van der Waals surface area contributed by atoms with Gasteiger partial charge in [-0.3, -0.25) is 15.2 Å². The van der Waals surface area contributed by atoms with Crippen molar-refractivity contribution in [2.24, 2.45) is 10.1 Å². The Kier molecular flexibility index (Phi) is 6.40. The topological polar surface area (TPSA) is 100 Å². The van der Waals surface area contributed by atoms with Crippen LogP contribution in [0.5, 0.6) is 11.5 Å². The summed E-state index contributed by atoms with van der Waals surface area (Å²) in [5, 5.41) is 15.5. The molecule has 5 rings (SSSR count). The highest BCUT2D eigenvalue weighted by Gasteiger charge is 2.36. The molecule has 3 heterocycles. The predicted molar refractivity (Wildman–Crippen MR) is 137 cm³/mol. The molecule has 0 radical (unpaired) electrons. The molecule has 0 bridgehead atoms. The first kappa shape index (κ1) is 22.5. The zero-order valence-electron chi connectivity index (χ0n) is 18.8. The van der Waals surface area contributed by atoms with E-state index in [2.05, 4.69) is 15.1 Å². The Labute approximate surface area is 206 Å². The van der Waals surface area contributed by atoms with E-state index >= 15 is 0 Å². The van der Waals surface area contributed by atoms with Crippen LogP contribution in [0.15, 0.2) is 88.7 Å². The minimum absolute atomic E-state index is 0.0288. The van der Waals surface area contributed by atoms with Crippen LogP contribution in [-0.4, -0.2) is 38.6 Å². The van der Waals surface area contributed by atoms with E-state index in [1.54, 1.807) is 30.6 Å². The van der Waals surface area contributed by atoms with Crippen molar-refractivity contribution in [1.29, 1.82) is 5.41 Å². The van der Waals surface area contributed by atoms with E-state index in [9.17, 15) is 4.79 Å². The highest BCUT2D eigenvalue weighted by molar-refractivity contribution is 8.27. The van der Waals surface area contributed by atoms with Gasteiger partial charge in [0.05, 0.1) is 12.2 Å². The first-order valence-corrected chi connectivity index (χ1v) is 11.8. The molecule has 3 aromatic rings. The van der Waals surface area contributed by atoms with Gasteiger partial charge in [-0.25, -0.2) is 0 Å². The molecule has 0 spiro atoms. The van der Waals surface area contributed by atoms with Gasteiger partial charge >= 0.3 is 0 Å². The second-order valence-corrected chi connectivity index (χ2v) is 8.53. The third kappa shape index (κ3) is 4.85. The van der Waals surface area contributed by atoms with Crippen LogP contribution in [-0.2, 0) is 11.4 Å². The second kappa shape index (κ2) is 9.94. The number of nitrogens with one attached hydrogen (secondary N) is 1. The number of thioether (sulfide) groups is 1. The number of carbonyl (C=O) groups is 1. The highest BCUT2D eigenvalue weighted by atomic mass is 32.2. The summed E-state index contributed by atoms with van der Waals surface area (Å²) < 4.78 is 11.7. The van der Waals surface area contributed by atoms with Crippen molar-refractivity contribution in [3.05, 3.63) is 95.3 Å². The molecular formula is C26H21N5O3S. The van der Waals surface area contributed by atoms with E-state index in [1.165, 1.54) is 16.8 Å². The van der Waals surface area contributed by atoms with E-state index in [0.717, 1.165) is 11.1 Å². The van der Waals surface area contributed by atoms with Crippen molar-refractivity contribution >= 4 is 39.8 Å². The van der Waals surface area contributed by atoms with E-state index < -0.39 is 5.91 Å². The van der Waals surface area contributed by atoms with Crippen LogP contribution < -0.4 is 9.47 Å². The number of hydrogen-bond donors (Lipinski definition) is 1. The van der Waals surface area contributed by atoms with Crippen molar-refractivity contribution in [3.8, 4) is 11.5 Å². The summed E-state index contributed by atoms with van der Waals surface area (Å²) >= 11 is 1.25. The number of rotatable bonds is 7. The van der Waals surface area contributed by atoms with Gasteiger partial charge < -0.3 is 9.47 Å². The summed E-state index contributed by atoms with van der Waals surface area (Å²) in [4.78, 5) is 21.0. The standard InChI is InChI=1S/C26H21N5O3S/c1-2-33-22-15-18(8-9-21(22)34-16-17-6-4-3-5-7-17)14-20-23(27)31-26(29-24(20)32)35-25(30-31)19-10-12-28-13-11-19/h3-15,27H,2,16H2,1H3. The Balaban J connectivity index is 1.39. The molecule has 0 fully saturated rings. The number of carbonyl (C=O) groups excluding carboxylic acids is 1. The Morgan fingerprint density at radius 1 is 1.03 bits per heavy atom. The van der Waals surface area contributed by atoms with Gasteiger partial charge in [0, 0.05) is 18.0 Å². The highest BCUT2D eigenvalue weighted by Crippen LogP contribution is 2.33. The molecule has 0 unspecified atom stereocenters. The number of benzene rings is 2. The maximum absolute atomic E-state index is 12.8. The van der Waals surface area contributed by atoms with Gasteiger partial charge in [-0.15, -0.1) is 0 Å². The predicted octanol–water partition coefficient (Wildman–Crippen LogP) is 4.73. The number of amides is 1. The lowest BCUT2D eigenvalue weighted by Crippen LogP contribution is -2.35. The summed E-state index contributed by atoms with van der Waals surface area (Å²) in [6.07, 6.45) is 4.96. The summed E-state index contributed by atoms with van der Waals surface area (Å²) in [7, 11) is 0. The van der Waals surface area contributed by atoms with E-state index in [1.807, 2.05) is 55.5 Å². The fraction of sp³-hybridized carbons (Fsp3) is 0.115. The maximum Gasteiger partial charge on any atom is 0.283 e. The third-order valence-corrected chi connectivity index (χ3v) is 6.16. The average molecular weight is 484 g/mol. The van der Waals surface area contributed by atoms with E-state index in [0.29, 0.717) is 40.5 Å². The SMILES string of the molecule is CCOc1cc(C=C2C(=N)N3N=C(c4ccncc4)SC3=NC2=O)ccc1OCc1ccccc1. The number of nitrogens with zero attached hydrogens (tertiary/aromatic N) is 4. The van der Waals surface area contributed by atoms with Crippen LogP contribution in [0.2, 0.25) is 0 Å². The lowest BCUT2D eigenvalue weighted by molar-refractivity contribution is -0.114. The van der Waals surface area contributed by atoms with Crippen molar-refractivity contribution in [3.63, 3.8) is 0 Å². The van der Waals surface area contributed by atoms with Gasteiger partial charge in [0.1, 0.15) is 11.7 Å². The quantitative estimate of drug-likeness (QED) is 0.488. The molecule has 0 saturated carbocycles. The number of pyridine rings is 1. The van der Waals surface area contributed by atoms with Gasteiger partial charge in [-0.05, 0) is 60.2 Å². The first-order chi connectivity index (χ1) is 17.1. The normalized spacial score (nSPS) is 16.1. The molecule has 174 valence electrons. The van der Waals surface area contributed by atoms with Crippen molar-refractivity contribution in [2.45, 2.75) is 13.5 Å². The summed E-state index contributed by atoms with van der Waals surface area (Å²) in [6.45, 7) is 2.76. The zero-order valence-corrected chi connectivity index (χ0v) is 19.7. The fourth-order valence-corrected chi connectivity index (χ4v) is 4.40. The first-order valence-electron chi connectivity index (χ1n) is 11.0. The lowest BCUT2D eigenvalue weighted by Gasteiger charge is -2.20. The Morgan fingerprint density at radius 2 is 1.83 bits per heavy atom. The Bertz CT molecular complexity index is 1370. The number of ether oxygens (including phenoxy) is 2. The van der Waals surface area contributed by atoms with Crippen LogP contribution >= 0.6 is 11.8 Å². The molecule has 0 saturated heterocycles. The van der Waals surface area contributed by atoms with Gasteiger partial charge in [-0.2, -0.15) is 15.1 Å². The van der Waals surface area contributed by atoms with Crippen LogP contribution in [0.25, 0.3) is 6.08 Å². The largest absolute Gasteiger partial charge is 0.490 e. The number of hydrazone groups is 1. The van der Waals surface area contributed by atoms with E-state index in [4.69, 9.17) is 14.9 Å². The van der Waals surface area contributed by atoms with Gasteiger partial charge in [0.25, 0.3) is 5.91 Å². The molecule has 9 heteroatoms. The van der Waals surface area contributed by atoms with Crippen molar-refractivity contribution in [2.75, 3.05) is 6.61 Å². The fourth-order valence-electron chi connectivity index (χ4n) is 3.51. The Hall–Kier alpha value is -4.24. The van der Waals surface area contributed by atoms with Gasteiger partial charge in [0.15, 0.2) is 17.3 Å². The second-order valence-electron chi connectivity index (χ2n) is 7.57. The molecule has 1 N–H and O–H groups in total. The summed E-state index contributed by atoms with van der Waals surface area (Å²) in [5.74, 6) is 0.651. The summed E-state index contributed by atoms with van der Waals surface area (Å²) in [6, 6.07) is 18.9. The van der Waals surface area contributed by atoms with Crippen LogP contribution in [0.3, 0.4) is 0 Å². The lowest BCUT2D eigenvalue weighted by atomic mass is 10.1.